The molecule has 42 heavy (non-hydrogen) atoms. The third kappa shape index (κ3) is 4.53. The zero-order valence-corrected chi connectivity index (χ0v) is 24.3. The van der Waals surface area contributed by atoms with Crippen LogP contribution in [0.1, 0.15) is 47.8 Å². The molecular weight excluding hydrogens is 549 g/mol. The minimum Gasteiger partial charge on any atom is -0.371 e. The van der Waals surface area contributed by atoms with E-state index in [0.29, 0.717) is 29.2 Å². The highest BCUT2D eigenvalue weighted by Crippen LogP contribution is 2.39. The molecule has 0 aliphatic carbocycles. The number of thiazole rings is 1. The molecule has 10 heteroatoms. The van der Waals surface area contributed by atoms with Gasteiger partial charge in [-0.1, -0.05) is 12.1 Å². The Kier molecular flexibility index (Phi) is 6.38. The van der Waals surface area contributed by atoms with Gasteiger partial charge in [0.1, 0.15) is 11.9 Å². The number of hydrogen-bond acceptors (Lipinski definition) is 7. The summed E-state index contributed by atoms with van der Waals surface area (Å²) in [4.78, 5) is 27.2. The van der Waals surface area contributed by atoms with Crippen molar-refractivity contribution >= 4 is 28.1 Å². The highest BCUT2D eigenvalue weighted by Gasteiger charge is 2.40. The predicted octanol–water partition coefficient (Wildman–Crippen LogP) is 4.98. The van der Waals surface area contributed by atoms with E-state index in [-0.39, 0.29) is 11.7 Å². The highest BCUT2D eigenvalue weighted by atomic mass is 32.1. The third-order valence-corrected chi connectivity index (χ3v) is 10.4. The fourth-order valence-electron chi connectivity index (χ4n) is 7.23. The van der Waals surface area contributed by atoms with Gasteiger partial charge in [-0.2, -0.15) is 0 Å². The lowest BCUT2D eigenvalue weighted by atomic mass is 9.73. The van der Waals surface area contributed by atoms with E-state index in [1.165, 1.54) is 29.9 Å². The number of benzene rings is 2. The van der Waals surface area contributed by atoms with Crippen LogP contribution in [0.15, 0.2) is 54.3 Å². The van der Waals surface area contributed by atoms with Crippen LogP contribution < -0.4 is 15.5 Å². The number of carbonyl (C=O) groups excluding carboxylic acids is 1. The number of hydrogen-bond donors (Lipinski definition) is 2. The second-order valence-corrected chi connectivity index (χ2v) is 13.1. The number of piperidine rings is 1. The number of aromatic nitrogens is 3. The van der Waals surface area contributed by atoms with Crippen LogP contribution in [-0.2, 0) is 30.8 Å². The van der Waals surface area contributed by atoms with Gasteiger partial charge in [-0.3, -0.25) is 9.69 Å². The molecule has 0 radical (unpaired) electrons. The summed E-state index contributed by atoms with van der Waals surface area (Å²) in [7, 11) is 0. The average Bonchev–Trinajstić information content (AvgIpc) is 3.79. The first-order valence-corrected chi connectivity index (χ1v) is 15.8. The second-order valence-electron chi connectivity index (χ2n) is 12.2. The van der Waals surface area contributed by atoms with E-state index in [4.69, 9.17) is 0 Å². The number of amides is 1. The molecule has 1 spiro atoms. The van der Waals surface area contributed by atoms with E-state index in [1.807, 2.05) is 16.6 Å². The first-order valence-electron chi connectivity index (χ1n) is 14.9. The molecule has 2 N–H and O–H groups in total. The summed E-state index contributed by atoms with van der Waals surface area (Å²) in [6.45, 7) is 6.23. The highest BCUT2D eigenvalue weighted by molar-refractivity contribution is 7.13. The number of nitrogens with zero attached hydrogens (tertiary/aromatic N) is 5. The van der Waals surface area contributed by atoms with Gasteiger partial charge in [-0.25, -0.2) is 14.4 Å². The minimum atomic E-state index is -0.628. The lowest BCUT2D eigenvalue weighted by Crippen LogP contribution is -2.58. The van der Waals surface area contributed by atoms with E-state index in [9.17, 15) is 4.79 Å². The van der Waals surface area contributed by atoms with Crippen LogP contribution in [0.5, 0.6) is 0 Å². The molecule has 2 fully saturated rings. The van der Waals surface area contributed by atoms with Crippen molar-refractivity contribution in [3.05, 3.63) is 82.6 Å². The van der Waals surface area contributed by atoms with Gasteiger partial charge < -0.3 is 20.1 Å². The zero-order chi connectivity index (χ0) is 28.3. The quantitative estimate of drug-likeness (QED) is 0.334. The van der Waals surface area contributed by atoms with E-state index in [2.05, 4.69) is 60.4 Å². The van der Waals surface area contributed by atoms with Crippen LogP contribution in [0.2, 0.25) is 0 Å². The Hall–Kier alpha value is -3.60. The molecule has 8 nitrogen and oxygen atoms in total. The number of nitrogens with one attached hydrogen (secondary N) is 2. The number of aryl methyl sites for hydroxylation is 1. The maximum absolute atomic E-state index is 15.7. The van der Waals surface area contributed by atoms with Gasteiger partial charge in [0.2, 0.25) is 5.91 Å². The number of halogens is 1. The van der Waals surface area contributed by atoms with Crippen molar-refractivity contribution in [1.82, 2.24) is 24.8 Å². The first kappa shape index (κ1) is 26.1. The molecule has 2 aromatic heterocycles. The van der Waals surface area contributed by atoms with Crippen LogP contribution >= 0.6 is 11.3 Å². The molecule has 216 valence electrons. The summed E-state index contributed by atoms with van der Waals surface area (Å²) in [5.41, 5.74) is 7.06. The SMILES string of the molecule is O=C(Nc1nccs1)C(c1ncn2c1CCC2)N1Cc2cc(-c3ccc(N4CCC5(CC4)CNC5)cc3)cc(F)c2C1. The summed E-state index contributed by atoms with van der Waals surface area (Å²) in [6.07, 6.45) is 7.91. The molecule has 6 heterocycles. The Labute approximate surface area is 248 Å². The summed E-state index contributed by atoms with van der Waals surface area (Å²) >= 11 is 1.38. The lowest BCUT2D eigenvalue weighted by Gasteiger charge is -2.49. The Bertz CT molecular complexity index is 1620. The van der Waals surface area contributed by atoms with Gasteiger partial charge in [0.15, 0.2) is 5.13 Å². The monoisotopic (exact) mass is 583 g/mol. The fraction of sp³-hybridized carbons (Fsp3) is 0.406. The van der Waals surface area contributed by atoms with Gasteiger partial charge in [0.25, 0.3) is 0 Å². The molecule has 1 amide bonds. The van der Waals surface area contributed by atoms with Crippen LogP contribution in [0, 0.1) is 11.2 Å². The molecule has 2 saturated heterocycles. The van der Waals surface area contributed by atoms with Gasteiger partial charge >= 0.3 is 0 Å². The molecule has 4 aliphatic heterocycles. The topological polar surface area (TPSA) is 78.3 Å². The maximum atomic E-state index is 15.7. The normalized spacial score (nSPS) is 19.9. The van der Waals surface area contributed by atoms with Gasteiger partial charge in [0, 0.05) is 74.3 Å². The van der Waals surface area contributed by atoms with Crippen molar-refractivity contribution in [2.45, 2.75) is 51.4 Å². The van der Waals surface area contributed by atoms with Crippen LogP contribution in [0.25, 0.3) is 11.1 Å². The lowest BCUT2D eigenvalue weighted by molar-refractivity contribution is -0.122. The van der Waals surface area contributed by atoms with Crippen molar-refractivity contribution in [1.29, 1.82) is 0 Å². The van der Waals surface area contributed by atoms with Gasteiger partial charge in [-0.05, 0) is 72.1 Å². The number of fused-ring (bicyclic) bond motifs is 2. The Morgan fingerprint density at radius 1 is 1.05 bits per heavy atom. The average molecular weight is 584 g/mol. The largest absolute Gasteiger partial charge is 0.371 e. The Balaban J connectivity index is 1.04. The van der Waals surface area contributed by atoms with Crippen LogP contribution in [-0.4, -0.2) is 51.5 Å². The van der Waals surface area contributed by atoms with Crippen LogP contribution in [0.3, 0.4) is 0 Å². The van der Waals surface area contributed by atoms with Crippen molar-refractivity contribution < 1.29 is 9.18 Å². The van der Waals surface area contributed by atoms with Crippen molar-refractivity contribution in [2.75, 3.05) is 36.4 Å². The molecular formula is C32H34FN7OS. The fourth-order valence-corrected chi connectivity index (χ4v) is 7.76. The zero-order valence-electron chi connectivity index (χ0n) is 23.5. The second kappa shape index (κ2) is 10.3. The summed E-state index contributed by atoms with van der Waals surface area (Å²) in [6, 6.07) is 11.7. The summed E-state index contributed by atoms with van der Waals surface area (Å²) < 4.78 is 17.8. The molecule has 0 saturated carbocycles. The number of rotatable bonds is 6. The number of anilines is 2. The molecule has 0 bridgehead atoms. The van der Waals surface area contributed by atoms with Crippen molar-refractivity contribution in [3.63, 3.8) is 0 Å². The van der Waals surface area contributed by atoms with Crippen molar-refractivity contribution in [2.24, 2.45) is 5.41 Å². The van der Waals surface area contributed by atoms with E-state index in [1.54, 1.807) is 12.3 Å². The molecule has 4 aliphatic rings. The van der Waals surface area contributed by atoms with Gasteiger partial charge in [0.05, 0.1) is 12.0 Å². The Morgan fingerprint density at radius 3 is 2.62 bits per heavy atom. The summed E-state index contributed by atoms with van der Waals surface area (Å²) in [5, 5.41) is 8.80. The molecule has 1 unspecified atom stereocenters. The summed E-state index contributed by atoms with van der Waals surface area (Å²) in [5.74, 6) is -0.404. The maximum Gasteiger partial charge on any atom is 0.249 e. The molecule has 8 rings (SSSR count). The smallest absolute Gasteiger partial charge is 0.249 e. The minimum absolute atomic E-state index is 0.181. The van der Waals surface area contributed by atoms with E-state index >= 15 is 4.39 Å². The third-order valence-electron chi connectivity index (χ3n) is 9.74. The molecule has 4 aromatic rings. The first-order chi connectivity index (χ1) is 20.6. The van der Waals surface area contributed by atoms with Crippen molar-refractivity contribution in [3.8, 4) is 11.1 Å². The number of carbonyl (C=O) groups is 1. The molecule has 1 atom stereocenters. The number of imidazole rings is 1. The predicted molar refractivity (Wildman–Crippen MR) is 162 cm³/mol. The van der Waals surface area contributed by atoms with E-state index < -0.39 is 6.04 Å². The Morgan fingerprint density at radius 2 is 1.88 bits per heavy atom. The van der Waals surface area contributed by atoms with E-state index in [0.717, 1.165) is 73.6 Å². The standard InChI is InChI=1S/C32H34FN7OS/c33-26-15-22(21-3-5-24(6-4-21)38-11-7-32(8-12-38)18-34-19-32)14-23-16-40(17-25(23)26)29(30(41)37-31-35-9-13-42-31)28-27-2-1-10-39(27)20-36-28/h3-6,9,13-15,20,29,34H,1-2,7-8,10-12,16-19H2,(H,35,37,41). The van der Waals surface area contributed by atoms with Gasteiger partial charge in [-0.15, -0.1) is 11.3 Å². The molecule has 2 aromatic carbocycles. The van der Waals surface area contributed by atoms with Crippen LogP contribution in [0.4, 0.5) is 15.2 Å².